The van der Waals surface area contributed by atoms with Crippen molar-refractivity contribution in [3.05, 3.63) is 0 Å². The average Bonchev–Trinajstić information content (AvgIpc) is 3.62. The van der Waals surface area contributed by atoms with Gasteiger partial charge in [0.15, 0.2) is 0 Å². The van der Waals surface area contributed by atoms with Gasteiger partial charge in [-0.3, -0.25) is 0 Å². The van der Waals surface area contributed by atoms with Gasteiger partial charge < -0.3 is 4.74 Å². The van der Waals surface area contributed by atoms with Gasteiger partial charge in [0, 0.05) is 7.11 Å². The van der Waals surface area contributed by atoms with Crippen molar-refractivity contribution in [3.8, 4) is 0 Å². The Morgan fingerprint density at radius 2 is 0.980 bits per heavy atom. The first-order chi connectivity index (χ1) is 23.7. The van der Waals surface area contributed by atoms with E-state index in [0.717, 1.165) is 81.7 Å². The summed E-state index contributed by atoms with van der Waals surface area (Å²) >= 11 is 0. The van der Waals surface area contributed by atoms with E-state index in [4.69, 9.17) is 4.74 Å². The monoisotopic (exact) mass is 707 g/mol. The molecule has 0 bridgehead atoms. The minimum atomic E-state index is -1.73. The Kier molecular flexibility index (Phi) is 11.5. The molecule has 12 unspecified atom stereocenters. The number of hydrogen-bond acceptors (Lipinski definition) is 1. The van der Waals surface area contributed by atoms with Crippen LogP contribution in [0.2, 0.25) is 23.2 Å². The summed E-state index contributed by atoms with van der Waals surface area (Å²) in [5.74, 6) is 11.3. The molecule has 0 heterocycles. The Balaban J connectivity index is 1.31. The van der Waals surface area contributed by atoms with E-state index in [9.17, 15) is 0 Å². The minimum Gasteiger partial charge on any atom is -0.381 e. The zero-order chi connectivity index (χ0) is 35.6. The van der Waals surface area contributed by atoms with Crippen molar-refractivity contribution in [2.24, 2.45) is 81.8 Å². The number of rotatable bonds is 6. The number of hydrogen-bond donors (Lipinski definition) is 0. The zero-order valence-electron chi connectivity index (χ0n) is 35.3. The van der Waals surface area contributed by atoms with E-state index in [2.05, 4.69) is 69.0 Å². The Morgan fingerprint density at radius 1 is 0.500 bits per heavy atom. The topological polar surface area (TPSA) is 9.23 Å². The molecule has 50 heavy (non-hydrogen) atoms. The first-order valence-corrected chi connectivity index (χ1v) is 26.0. The quantitative estimate of drug-likeness (QED) is 0.250. The van der Waals surface area contributed by atoms with Crippen LogP contribution < -0.4 is 0 Å². The van der Waals surface area contributed by atoms with Crippen molar-refractivity contribution >= 4 is 8.07 Å². The lowest BCUT2D eigenvalue weighted by atomic mass is 9.56. The first-order valence-electron chi connectivity index (χ1n) is 23.3. The minimum absolute atomic E-state index is 0.319. The standard InChI is InChI=1S/C48H86OSi/c1-31-26-38-37(33-20-14-11-15-21-33)28-35(47(3,4)5)29-40(38)45(31)50(10,36-24-18-13-19-25-36)46-32(2)27-39-41(46)30-42(48(6,7)8)44(49-9)43(39)34-22-16-12-17-23-34/h31-46H,11-30H2,1-10H3/t31?,32?,35?,37?,38?,39?,40?,41?,42?,43-,44?,45?,46?,50+/m1/s1. The second-order valence-electron chi connectivity index (χ2n) is 23.3. The van der Waals surface area contributed by atoms with Gasteiger partial charge in [-0.15, -0.1) is 0 Å². The maximum absolute atomic E-state index is 6.79. The lowest BCUT2D eigenvalue weighted by molar-refractivity contribution is -0.117. The van der Waals surface area contributed by atoms with Crippen LogP contribution in [-0.4, -0.2) is 21.3 Å². The Bertz CT molecular complexity index is 1100. The van der Waals surface area contributed by atoms with Gasteiger partial charge in [-0.05, 0) is 131 Å². The van der Waals surface area contributed by atoms with Crippen molar-refractivity contribution in [3.63, 3.8) is 0 Å². The Labute approximate surface area is 313 Å². The fourth-order valence-electron chi connectivity index (χ4n) is 17.1. The van der Waals surface area contributed by atoms with Crippen LogP contribution in [0.25, 0.3) is 0 Å². The van der Waals surface area contributed by atoms with Gasteiger partial charge in [-0.2, -0.15) is 0 Å². The van der Waals surface area contributed by atoms with Crippen LogP contribution in [0, 0.1) is 81.8 Å². The van der Waals surface area contributed by atoms with Crippen molar-refractivity contribution < 1.29 is 4.74 Å². The van der Waals surface area contributed by atoms with Gasteiger partial charge in [0.05, 0.1) is 14.2 Å². The molecule has 0 aromatic heterocycles. The molecule has 14 atom stereocenters. The molecule has 0 saturated heterocycles. The van der Waals surface area contributed by atoms with Gasteiger partial charge in [0.2, 0.25) is 0 Å². The van der Waals surface area contributed by atoms with Crippen LogP contribution in [0.5, 0.6) is 0 Å². The molecule has 0 aromatic rings. The molecule has 7 saturated carbocycles. The van der Waals surface area contributed by atoms with Crippen LogP contribution >= 0.6 is 0 Å². The molecule has 0 aliphatic heterocycles. The van der Waals surface area contributed by atoms with Gasteiger partial charge in [0.1, 0.15) is 0 Å². The van der Waals surface area contributed by atoms with Gasteiger partial charge >= 0.3 is 0 Å². The second kappa shape index (κ2) is 15.0. The molecule has 2 heteroatoms. The molecular formula is C48H86OSi. The maximum atomic E-state index is 6.79. The average molecular weight is 707 g/mol. The highest BCUT2D eigenvalue weighted by molar-refractivity contribution is 6.83. The highest BCUT2D eigenvalue weighted by Crippen LogP contribution is 2.72. The van der Waals surface area contributed by atoms with E-state index in [0.29, 0.717) is 22.9 Å². The molecule has 7 aliphatic rings. The lowest BCUT2D eigenvalue weighted by Crippen LogP contribution is -2.56. The van der Waals surface area contributed by atoms with Crippen LogP contribution in [0.4, 0.5) is 0 Å². The van der Waals surface area contributed by atoms with Crippen LogP contribution in [0.15, 0.2) is 0 Å². The predicted octanol–water partition coefficient (Wildman–Crippen LogP) is 14.6. The molecule has 7 fully saturated rings. The fourth-order valence-corrected chi connectivity index (χ4v) is 25.6. The summed E-state index contributed by atoms with van der Waals surface area (Å²) < 4.78 is 6.79. The highest BCUT2D eigenvalue weighted by atomic mass is 28.3. The largest absolute Gasteiger partial charge is 0.381 e. The van der Waals surface area contributed by atoms with Crippen molar-refractivity contribution in [2.45, 2.75) is 213 Å². The van der Waals surface area contributed by atoms with Crippen molar-refractivity contribution in [1.82, 2.24) is 0 Å². The van der Waals surface area contributed by atoms with E-state index in [-0.39, 0.29) is 0 Å². The Morgan fingerprint density at radius 3 is 1.50 bits per heavy atom. The highest BCUT2D eigenvalue weighted by Gasteiger charge is 2.66. The number of methoxy groups -OCH3 is 1. The number of fused-ring (bicyclic) bond motifs is 2. The summed E-state index contributed by atoms with van der Waals surface area (Å²) in [5.41, 5.74) is 3.96. The Hall–Kier alpha value is 0.177. The van der Waals surface area contributed by atoms with Crippen LogP contribution in [0.1, 0.15) is 184 Å². The molecule has 0 spiro atoms. The molecule has 0 radical (unpaired) electrons. The van der Waals surface area contributed by atoms with Crippen LogP contribution in [-0.2, 0) is 4.74 Å². The van der Waals surface area contributed by atoms with E-state index in [1.807, 2.05) is 0 Å². The summed E-state index contributed by atoms with van der Waals surface area (Å²) in [6.45, 7) is 24.5. The molecular weight excluding hydrogens is 621 g/mol. The van der Waals surface area contributed by atoms with E-state index >= 15 is 0 Å². The predicted molar refractivity (Wildman–Crippen MR) is 218 cm³/mol. The third-order valence-corrected chi connectivity index (χ3v) is 26.2. The molecule has 7 rings (SSSR count). The first kappa shape index (κ1) is 38.5. The third kappa shape index (κ3) is 6.95. The van der Waals surface area contributed by atoms with Gasteiger partial charge in [-0.1, -0.05) is 158 Å². The third-order valence-electron chi connectivity index (χ3n) is 19.0. The molecule has 0 aromatic carbocycles. The van der Waals surface area contributed by atoms with Crippen molar-refractivity contribution in [2.75, 3.05) is 7.11 Å². The molecule has 1 nitrogen and oxygen atoms in total. The maximum Gasteiger partial charge on any atom is 0.0638 e. The molecule has 0 amide bonds. The fraction of sp³-hybridized carbons (Fsp3) is 1.00. The molecule has 0 N–H and O–H groups in total. The summed E-state index contributed by atoms with van der Waals surface area (Å²) in [4.78, 5) is 0. The van der Waals surface area contributed by atoms with Crippen LogP contribution in [0.3, 0.4) is 0 Å². The van der Waals surface area contributed by atoms with E-state index < -0.39 is 8.07 Å². The molecule has 288 valence electrons. The summed E-state index contributed by atoms with van der Waals surface area (Å²) in [5, 5.41) is 0. The van der Waals surface area contributed by atoms with E-state index in [1.54, 1.807) is 44.9 Å². The zero-order valence-corrected chi connectivity index (χ0v) is 36.3. The summed E-state index contributed by atoms with van der Waals surface area (Å²) in [7, 11) is 0.386. The summed E-state index contributed by atoms with van der Waals surface area (Å²) in [6.07, 6.45) is 31.1. The number of ether oxygens (including phenoxy) is 1. The van der Waals surface area contributed by atoms with Gasteiger partial charge in [0.25, 0.3) is 0 Å². The lowest BCUT2D eigenvalue weighted by Gasteiger charge is -2.58. The normalized spacial score (nSPS) is 45.6. The second-order valence-corrected chi connectivity index (χ2v) is 28.2. The van der Waals surface area contributed by atoms with Gasteiger partial charge in [-0.25, -0.2) is 0 Å². The SMILES string of the molecule is COC1C(C(C)(C)C)CC2C(CC(C)C2[Si@@](C)(C2CCCCC2)C2C(C)CC3C(C4CCCCC4)CC(C(C)(C)C)CC32)[C@H]1C1CCCCC1. The smallest absolute Gasteiger partial charge is 0.0638 e. The van der Waals surface area contributed by atoms with E-state index in [1.165, 1.54) is 83.5 Å². The summed E-state index contributed by atoms with van der Waals surface area (Å²) in [6, 6.07) is 0. The van der Waals surface area contributed by atoms with Crippen molar-refractivity contribution in [1.29, 1.82) is 0 Å². The molecule has 7 aliphatic carbocycles.